The maximum atomic E-state index is 12.5. The second kappa shape index (κ2) is 7.15. The van der Waals surface area contributed by atoms with E-state index in [0.717, 1.165) is 34.5 Å². The molecule has 140 valence electrons. The molecule has 1 aliphatic heterocycles. The van der Waals surface area contributed by atoms with Crippen molar-refractivity contribution in [2.24, 2.45) is 14.1 Å². The molecule has 0 aromatic carbocycles. The van der Waals surface area contributed by atoms with Gasteiger partial charge in [-0.05, 0) is 33.1 Å². The van der Waals surface area contributed by atoms with Crippen LogP contribution in [0.4, 0.5) is 0 Å². The van der Waals surface area contributed by atoms with Gasteiger partial charge in [-0.25, -0.2) is 13.2 Å². The van der Waals surface area contributed by atoms with Gasteiger partial charge in [0.1, 0.15) is 5.75 Å². The van der Waals surface area contributed by atoms with Gasteiger partial charge in [-0.1, -0.05) is 0 Å². The minimum atomic E-state index is -3.80. The van der Waals surface area contributed by atoms with Crippen LogP contribution in [0.2, 0.25) is 0 Å². The quantitative estimate of drug-likeness (QED) is 0.729. The zero-order chi connectivity index (χ0) is 18.9. The summed E-state index contributed by atoms with van der Waals surface area (Å²) < 4.78 is 26.9. The van der Waals surface area contributed by atoms with Crippen molar-refractivity contribution in [2.75, 3.05) is 5.75 Å². The van der Waals surface area contributed by atoms with Crippen molar-refractivity contribution in [3.05, 3.63) is 32.6 Å². The molecule has 1 saturated heterocycles. The average molecular weight is 371 g/mol. The fourth-order valence-electron chi connectivity index (χ4n) is 3.37. The minimum Gasteiger partial charge on any atom is -0.336 e. The van der Waals surface area contributed by atoms with E-state index in [1.165, 1.54) is 14.1 Å². The predicted molar refractivity (Wildman–Crippen MR) is 94.0 cm³/mol. The first-order valence-corrected chi connectivity index (χ1v) is 10.1. The van der Waals surface area contributed by atoms with Crippen LogP contribution in [0.15, 0.2) is 15.7 Å². The highest BCUT2D eigenvalue weighted by Gasteiger charge is 2.31. The van der Waals surface area contributed by atoms with E-state index in [-0.39, 0.29) is 17.8 Å². The van der Waals surface area contributed by atoms with Crippen molar-refractivity contribution in [2.45, 2.75) is 50.9 Å². The summed E-state index contributed by atoms with van der Waals surface area (Å²) in [5.74, 6) is -1.56. The second-order valence-corrected chi connectivity index (χ2v) is 8.90. The van der Waals surface area contributed by atoms with Gasteiger partial charge in [0.15, 0.2) is 9.84 Å². The molecule has 2 heterocycles. The Labute approximate surface area is 147 Å². The van der Waals surface area contributed by atoms with Crippen LogP contribution in [0, 0.1) is 0 Å². The van der Waals surface area contributed by atoms with Gasteiger partial charge in [-0.15, -0.1) is 0 Å². The summed E-state index contributed by atoms with van der Waals surface area (Å²) in [5.41, 5.74) is -1.08. The summed E-state index contributed by atoms with van der Waals surface area (Å²) in [6.45, 7) is 3.84. The fourth-order valence-corrected chi connectivity index (χ4v) is 4.72. The molecule has 2 rings (SSSR count). The van der Waals surface area contributed by atoms with Gasteiger partial charge in [0.25, 0.3) is 5.56 Å². The summed E-state index contributed by atoms with van der Waals surface area (Å²) in [6.07, 6.45) is 2.74. The summed E-state index contributed by atoms with van der Waals surface area (Å²) in [4.78, 5) is 37.8. The van der Waals surface area contributed by atoms with Gasteiger partial charge in [-0.2, -0.15) is 0 Å². The number of piperidine rings is 1. The number of nitrogens with zero attached hydrogens (tertiary/aromatic N) is 3. The molecular formula is C16H25N3O5S. The van der Waals surface area contributed by atoms with Crippen LogP contribution in [0.25, 0.3) is 0 Å². The normalized spacial score (nSPS) is 21.4. The van der Waals surface area contributed by atoms with Crippen LogP contribution in [-0.4, -0.2) is 46.2 Å². The van der Waals surface area contributed by atoms with Crippen LogP contribution >= 0.6 is 0 Å². The number of aromatic nitrogens is 2. The second-order valence-electron chi connectivity index (χ2n) is 6.84. The molecule has 0 unspecified atom stereocenters. The molecule has 1 amide bonds. The van der Waals surface area contributed by atoms with Gasteiger partial charge < -0.3 is 4.90 Å². The van der Waals surface area contributed by atoms with Crippen LogP contribution in [-0.2, 0) is 34.5 Å². The molecule has 1 fully saturated rings. The van der Waals surface area contributed by atoms with Gasteiger partial charge in [0.05, 0.1) is 5.75 Å². The van der Waals surface area contributed by atoms with Gasteiger partial charge in [-0.3, -0.25) is 18.7 Å². The SMILES string of the molecule is C[C@@H]1CCC[C@H](C)N1C(=O)CS(=O)(=O)Cc1cc(=O)n(C)c(=O)n1C. The van der Waals surface area contributed by atoms with Crippen LogP contribution in [0.3, 0.4) is 0 Å². The number of carbonyl (C=O) groups excluding carboxylic acids is 1. The molecule has 1 aromatic heterocycles. The first kappa shape index (κ1) is 19.4. The first-order chi connectivity index (χ1) is 11.5. The number of rotatable bonds is 4. The van der Waals surface area contributed by atoms with E-state index in [1.807, 2.05) is 13.8 Å². The Morgan fingerprint density at radius 2 is 1.68 bits per heavy atom. The Balaban J connectivity index is 2.22. The highest BCUT2D eigenvalue weighted by atomic mass is 32.2. The summed E-state index contributed by atoms with van der Waals surface area (Å²) in [5, 5.41) is 0. The van der Waals surface area contributed by atoms with Crippen molar-refractivity contribution in [1.82, 2.24) is 14.0 Å². The maximum absolute atomic E-state index is 12.5. The molecule has 0 aliphatic carbocycles. The van der Waals surface area contributed by atoms with Crippen LogP contribution < -0.4 is 11.2 Å². The molecule has 0 spiro atoms. The highest BCUT2D eigenvalue weighted by molar-refractivity contribution is 7.91. The average Bonchev–Trinajstić information content (AvgIpc) is 2.49. The minimum absolute atomic E-state index is 0.0137. The van der Waals surface area contributed by atoms with Crippen LogP contribution in [0.5, 0.6) is 0 Å². The van der Waals surface area contributed by atoms with Crippen molar-refractivity contribution in [3.8, 4) is 0 Å². The Morgan fingerprint density at radius 1 is 1.12 bits per heavy atom. The van der Waals surface area contributed by atoms with E-state index in [0.29, 0.717) is 0 Å². The summed E-state index contributed by atoms with van der Waals surface area (Å²) in [7, 11) is -1.07. The van der Waals surface area contributed by atoms with Crippen molar-refractivity contribution < 1.29 is 13.2 Å². The van der Waals surface area contributed by atoms with Gasteiger partial charge in [0.2, 0.25) is 5.91 Å². The van der Waals surface area contributed by atoms with E-state index < -0.39 is 38.5 Å². The molecule has 0 N–H and O–H groups in total. The first-order valence-electron chi connectivity index (χ1n) is 8.31. The van der Waals surface area contributed by atoms with E-state index in [2.05, 4.69) is 0 Å². The third-order valence-corrected chi connectivity index (χ3v) is 6.24. The number of likely N-dealkylation sites (tertiary alicyclic amines) is 1. The lowest BCUT2D eigenvalue weighted by Crippen LogP contribution is -2.49. The highest BCUT2D eigenvalue weighted by Crippen LogP contribution is 2.23. The number of amides is 1. The molecule has 8 nitrogen and oxygen atoms in total. The van der Waals surface area contributed by atoms with Crippen LogP contribution in [0.1, 0.15) is 38.8 Å². The maximum Gasteiger partial charge on any atom is 0.330 e. The lowest BCUT2D eigenvalue weighted by Gasteiger charge is -2.39. The third-order valence-electron chi connectivity index (χ3n) is 4.82. The molecule has 2 atom stereocenters. The topological polar surface area (TPSA) is 98.5 Å². The third kappa shape index (κ3) is 4.20. The Kier molecular flexibility index (Phi) is 5.55. The van der Waals surface area contributed by atoms with Crippen molar-refractivity contribution in [1.29, 1.82) is 0 Å². The van der Waals surface area contributed by atoms with Crippen molar-refractivity contribution in [3.63, 3.8) is 0 Å². The van der Waals surface area contributed by atoms with E-state index >= 15 is 0 Å². The number of carbonyl (C=O) groups is 1. The molecule has 0 bridgehead atoms. The summed E-state index contributed by atoms with van der Waals surface area (Å²) in [6, 6.07) is 1.15. The molecule has 9 heteroatoms. The Bertz CT molecular complexity index is 874. The fraction of sp³-hybridized carbons (Fsp3) is 0.688. The molecule has 0 saturated carbocycles. The smallest absolute Gasteiger partial charge is 0.330 e. The molecule has 0 radical (unpaired) electrons. The molecular weight excluding hydrogens is 346 g/mol. The van der Waals surface area contributed by atoms with Crippen molar-refractivity contribution >= 4 is 15.7 Å². The van der Waals surface area contributed by atoms with Gasteiger partial charge >= 0.3 is 5.69 Å². The Hall–Kier alpha value is -1.90. The largest absolute Gasteiger partial charge is 0.336 e. The number of hydrogen-bond acceptors (Lipinski definition) is 5. The zero-order valence-corrected chi connectivity index (χ0v) is 15.9. The standard InChI is InChI=1S/C16H25N3O5S/c1-11-6-5-7-12(2)19(11)15(21)10-25(23,24)9-13-8-14(20)18(4)16(22)17(13)3/h8,11-12H,5-7,9-10H2,1-4H3/t11-,12+. The van der Waals surface area contributed by atoms with E-state index in [1.54, 1.807) is 4.90 Å². The zero-order valence-electron chi connectivity index (χ0n) is 15.1. The Morgan fingerprint density at radius 3 is 2.24 bits per heavy atom. The molecule has 1 aromatic rings. The lowest BCUT2D eigenvalue weighted by atomic mass is 9.98. The van der Waals surface area contributed by atoms with E-state index in [9.17, 15) is 22.8 Å². The molecule has 25 heavy (non-hydrogen) atoms. The summed E-state index contributed by atoms with van der Waals surface area (Å²) >= 11 is 0. The number of hydrogen-bond donors (Lipinski definition) is 0. The van der Waals surface area contributed by atoms with Gasteiger partial charge in [0, 0.05) is 37.9 Å². The van der Waals surface area contributed by atoms with E-state index in [4.69, 9.17) is 0 Å². The predicted octanol–water partition coefficient (Wildman–Crippen LogP) is -0.212. The molecule has 1 aliphatic rings. The monoisotopic (exact) mass is 371 g/mol. The lowest BCUT2D eigenvalue weighted by molar-refractivity contribution is -0.134. The number of sulfone groups is 1.